The van der Waals surface area contributed by atoms with E-state index in [1.807, 2.05) is 24.6 Å². The van der Waals surface area contributed by atoms with Crippen molar-refractivity contribution < 1.29 is 17.9 Å². The monoisotopic (exact) mass is 407 g/mol. The average Bonchev–Trinajstić information content (AvgIpc) is 2.96. The molecule has 0 amide bonds. The highest BCUT2D eigenvalue weighted by Gasteiger charge is 2.58. The molecule has 0 aromatic carbocycles. The first kappa shape index (κ1) is 18.9. The van der Waals surface area contributed by atoms with E-state index in [-0.39, 0.29) is 6.04 Å². The minimum atomic E-state index is -4.54. The maximum atomic E-state index is 13.2. The summed E-state index contributed by atoms with van der Waals surface area (Å²) in [7, 11) is 0. The molecule has 3 fully saturated rings. The zero-order chi connectivity index (χ0) is 20.5. The van der Waals surface area contributed by atoms with E-state index in [0.29, 0.717) is 35.1 Å². The lowest BCUT2D eigenvalue weighted by atomic mass is 10.1. The fourth-order valence-electron chi connectivity index (χ4n) is 4.78. The van der Waals surface area contributed by atoms with Gasteiger partial charge in [0.15, 0.2) is 0 Å². The van der Waals surface area contributed by atoms with Gasteiger partial charge in [0.1, 0.15) is 5.82 Å². The van der Waals surface area contributed by atoms with Crippen molar-refractivity contribution in [2.45, 2.75) is 38.0 Å². The van der Waals surface area contributed by atoms with E-state index in [1.54, 1.807) is 0 Å². The van der Waals surface area contributed by atoms with Crippen LogP contribution in [-0.4, -0.2) is 52.0 Å². The Morgan fingerprint density at radius 2 is 1.86 bits per heavy atom. The van der Waals surface area contributed by atoms with Gasteiger partial charge in [0.2, 0.25) is 0 Å². The Kier molecular flexibility index (Phi) is 4.19. The van der Waals surface area contributed by atoms with Gasteiger partial charge in [-0.25, -0.2) is 4.98 Å². The summed E-state index contributed by atoms with van der Waals surface area (Å²) in [6, 6.07) is 3.66. The largest absolute Gasteiger partial charge is 0.419 e. The van der Waals surface area contributed by atoms with Crippen LogP contribution in [0.3, 0.4) is 0 Å². The van der Waals surface area contributed by atoms with Crippen molar-refractivity contribution in [3.8, 4) is 11.3 Å². The molecule has 4 heterocycles. The third-order valence-electron chi connectivity index (χ3n) is 6.47. The molecule has 2 aromatic heterocycles. The van der Waals surface area contributed by atoms with E-state index in [1.165, 1.54) is 6.20 Å². The molecule has 29 heavy (non-hydrogen) atoms. The number of aromatic nitrogens is 3. The lowest BCUT2D eigenvalue weighted by Crippen LogP contribution is -2.48. The van der Waals surface area contributed by atoms with Gasteiger partial charge in [-0.05, 0) is 37.8 Å². The number of nitrogens with two attached hydrogens (primary N) is 1. The molecule has 6 nitrogen and oxygen atoms in total. The fourth-order valence-corrected chi connectivity index (χ4v) is 4.78. The van der Waals surface area contributed by atoms with Crippen LogP contribution in [-0.2, 0) is 10.9 Å². The van der Waals surface area contributed by atoms with Gasteiger partial charge in [-0.3, -0.25) is 9.58 Å². The van der Waals surface area contributed by atoms with Crippen LogP contribution in [0.1, 0.15) is 37.1 Å². The summed E-state index contributed by atoms with van der Waals surface area (Å²) in [5, 5.41) is 4.64. The van der Waals surface area contributed by atoms with E-state index in [4.69, 9.17) is 10.5 Å². The van der Waals surface area contributed by atoms with Crippen LogP contribution >= 0.6 is 0 Å². The molecule has 2 aromatic rings. The number of hydrogen-bond acceptors (Lipinski definition) is 5. The van der Waals surface area contributed by atoms with Gasteiger partial charge < -0.3 is 10.5 Å². The normalized spacial score (nSPS) is 27.3. The van der Waals surface area contributed by atoms with Gasteiger partial charge in [0.25, 0.3) is 0 Å². The predicted octanol–water partition coefficient (Wildman–Crippen LogP) is 3.17. The van der Waals surface area contributed by atoms with Crippen molar-refractivity contribution in [2.24, 2.45) is 11.8 Å². The average molecular weight is 407 g/mol. The summed E-state index contributed by atoms with van der Waals surface area (Å²) in [5.41, 5.74) is 6.49. The minimum Gasteiger partial charge on any atom is -0.383 e. The number of anilines is 1. The number of nitrogen functional groups attached to an aromatic ring is 1. The second-order valence-electron chi connectivity index (χ2n) is 8.65. The molecule has 2 atom stereocenters. The Morgan fingerprint density at radius 3 is 2.41 bits per heavy atom. The molecule has 3 aliphatic rings. The molecule has 0 spiro atoms. The zero-order valence-corrected chi connectivity index (χ0v) is 16.4. The molecule has 1 saturated carbocycles. The van der Waals surface area contributed by atoms with Crippen LogP contribution in [0.2, 0.25) is 0 Å². The number of hydrogen-bond donors (Lipinski definition) is 1. The summed E-state index contributed by atoms with van der Waals surface area (Å²) in [6.45, 7) is 7.85. The summed E-state index contributed by atoms with van der Waals surface area (Å²) in [6.07, 6.45) is -3.17. The second kappa shape index (κ2) is 6.43. The Morgan fingerprint density at radius 1 is 1.17 bits per heavy atom. The van der Waals surface area contributed by atoms with Gasteiger partial charge in [0, 0.05) is 42.5 Å². The SMILES string of the molecule is CC(C)n1nc(-c2cnc(N)c(C(F)(F)F)c2)cc1C1C2CN(C3COC3)CC21. The summed E-state index contributed by atoms with van der Waals surface area (Å²) in [5.74, 6) is 1.09. The van der Waals surface area contributed by atoms with Crippen LogP contribution in [0.4, 0.5) is 19.0 Å². The Labute approximate surface area is 166 Å². The first-order valence-electron chi connectivity index (χ1n) is 9.98. The summed E-state index contributed by atoms with van der Waals surface area (Å²) >= 11 is 0. The van der Waals surface area contributed by atoms with Crippen molar-refractivity contribution in [1.29, 1.82) is 0 Å². The van der Waals surface area contributed by atoms with E-state index in [0.717, 1.165) is 38.1 Å². The van der Waals surface area contributed by atoms with Crippen LogP contribution in [0.5, 0.6) is 0 Å². The highest BCUT2D eigenvalue weighted by Crippen LogP contribution is 2.59. The standard InChI is InChI=1S/C20H24F3N5O/c1-10(2)28-17(18-13-6-27(7-14(13)18)12-8-29-9-12)4-16(26-28)11-3-15(20(21,22)23)19(24)25-5-11/h3-5,10,12-14,18H,6-9H2,1-2H3,(H2,24,25). The molecule has 0 radical (unpaired) electrons. The molecule has 5 rings (SSSR count). The molecule has 156 valence electrons. The van der Waals surface area contributed by atoms with E-state index < -0.39 is 17.6 Å². The third-order valence-corrected chi connectivity index (χ3v) is 6.47. The third kappa shape index (κ3) is 3.11. The lowest BCUT2D eigenvalue weighted by Gasteiger charge is -2.35. The van der Waals surface area contributed by atoms with Crippen molar-refractivity contribution in [3.63, 3.8) is 0 Å². The number of alkyl halides is 3. The number of halogens is 3. The van der Waals surface area contributed by atoms with Crippen LogP contribution in [0.15, 0.2) is 18.3 Å². The van der Waals surface area contributed by atoms with Crippen molar-refractivity contribution in [1.82, 2.24) is 19.7 Å². The van der Waals surface area contributed by atoms with Gasteiger partial charge in [0.05, 0.1) is 30.5 Å². The number of ether oxygens (including phenoxy) is 1. The Bertz CT molecular complexity index is 925. The molecular weight excluding hydrogens is 383 g/mol. The molecule has 2 N–H and O–H groups in total. The van der Waals surface area contributed by atoms with Crippen LogP contribution in [0, 0.1) is 11.8 Å². The number of nitrogens with zero attached hydrogens (tertiary/aromatic N) is 4. The van der Waals surface area contributed by atoms with Gasteiger partial charge in [-0.2, -0.15) is 18.3 Å². The lowest BCUT2D eigenvalue weighted by molar-refractivity contribution is -0.137. The molecule has 2 saturated heterocycles. The van der Waals surface area contributed by atoms with E-state index in [2.05, 4.69) is 15.0 Å². The molecule has 0 bridgehead atoms. The topological polar surface area (TPSA) is 69.2 Å². The highest BCUT2D eigenvalue weighted by molar-refractivity contribution is 5.63. The van der Waals surface area contributed by atoms with E-state index >= 15 is 0 Å². The quantitative estimate of drug-likeness (QED) is 0.843. The van der Waals surface area contributed by atoms with Gasteiger partial charge >= 0.3 is 6.18 Å². The summed E-state index contributed by atoms with van der Waals surface area (Å²) < 4.78 is 46.9. The first-order valence-corrected chi connectivity index (χ1v) is 9.98. The fraction of sp³-hybridized carbons (Fsp3) is 0.600. The Balaban J connectivity index is 1.43. The molecule has 1 aliphatic carbocycles. The van der Waals surface area contributed by atoms with Crippen molar-refractivity contribution >= 4 is 5.82 Å². The number of fused-ring (bicyclic) bond motifs is 1. The highest BCUT2D eigenvalue weighted by atomic mass is 19.4. The molecule has 9 heteroatoms. The van der Waals surface area contributed by atoms with Crippen LogP contribution in [0.25, 0.3) is 11.3 Å². The van der Waals surface area contributed by atoms with Gasteiger partial charge in [-0.15, -0.1) is 0 Å². The Hall–Kier alpha value is -2.13. The maximum Gasteiger partial charge on any atom is 0.419 e. The smallest absolute Gasteiger partial charge is 0.383 e. The molecule has 2 aliphatic heterocycles. The number of piperidine rings is 1. The predicted molar refractivity (Wildman–Crippen MR) is 101 cm³/mol. The van der Waals surface area contributed by atoms with E-state index in [9.17, 15) is 13.2 Å². The molecular formula is C20H24F3N5O. The van der Waals surface area contributed by atoms with Gasteiger partial charge in [-0.1, -0.05) is 0 Å². The first-order chi connectivity index (χ1) is 13.7. The number of likely N-dealkylation sites (tertiary alicyclic amines) is 1. The zero-order valence-electron chi connectivity index (χ0n) is 16.4. The minimum absolute atomic E-state index is 0.125. The summed E-state index contributed by atoms with van der Waals surface area (Å²) in [4.78, 5) is 6.26. The van der Waals surface area contributed by atoms with Crippen LogP contribution < -0.4 is 5.73 Å². The molecule has 2 unspecified atom stereocenters. The van der Waals surface area contributed by atoms with Crippen molar-refractivity contribution in [2.75, 3.05) is 32.0 Å². The van der Waals surface area contributed by atoms with Crippen molar-refractivity contribution in [3.05, 3.63) is 29.6 Å². The second-order valence-corrected chi connectivity index (χ2v) is 8.65. The maximum absolute atomic E-state index is 13.2. The number of rotatable bonds is 4. The number of pyridine rings is 1.